The first-order chi connectivity index (χ1) is 9.90. The molecule has 0 spiro atoms. The van der Waals surface area contributed by atoms with E-state index in [0.29, 0.717) is 5.56 Å². The first kappa shape index (κ1) is 16.0. The van der Waals surface area contributed by atoms with Crippen LogP contribution in [-0.2, 0) is 0 Å². The Morgan fingerprint density at radius 2 is 1.76 bits per heavy atom. The van der Waals surface area contributed by atoms with Crippen LogP contribution >= 0.6 is 31.9 Å². The second-order valence-corrected chi connectivity index (χ2v) is 6.49. The molecule has 0 amide bonds. The summed E-state index contributed by atoms with van der Waals surface area (Å²) in [4.78, 5) is 10.8. The molecule has 6 heteroatoms. The highest BCUT2D eigenvalue weighted by atomic mass is 79.9. The first-order valence-electron chi connectivity index (χ1n) is 6.35. The second-order valence-electron chi connectivity index (χ2n) is 4.79. The minimum atomic E-state index is -0.354. The van der Waals surface area contributed by atoms with Gasteiger partial charge in [-0.3, -0.25) is 10.1 Å². The molecular formula is C15H14Br2N2O2. The summed E-state index contributed by atoms with van der Waals surface area (Å²) < 4.78 is 1.83. The number of rotatable bonds is 4. The van der Waals surface area contributed by atoms with Crippen molar-refractivity contribution >= 4 is 43.2 Å². The maximum Gasteiger partial charge on any atom is 0.274 e. The highest BCUT2D eigenvalue weighted by molar-refractivity contribution is 9.11. The van der Waals surface area contributed by atoms with Crippen molar-refractivity contribution in [1.29, 1.82) is 0 Å². The van der Waals surface area contributed by atoms with Crippen LogP contribution in [0.4, 0.5) is 11.4 Å². The van der Waals surface area contributed by atoms with E-state index in [1.165, 1.54) is 6.07 Å². The second kappa shape index (κ2) is 6.58. The quantitative estimate of drug-likeness (QED) is 0.524. The average Bonchev–Trinajstić information content (AvgIpc) is 2.42. The molecule has 1 atom stereocenters. The molecule has 0 saturated carbocycles. The van der Waals surface area contributed by atoms with Gasteiger partial charge < -0.3 is 5.32 Å². The Hall–Kier alpha value is -1.40. The molecule has 1 N–H and O–H groups in total. The van der Waals surface area contributed by atoms with Gasteiger partial charge in [0.05, 0.1) is 22.2 Å². The summed E-state index contributed by atoms with van der Waals surface area (Å²) >= 11 is 7.04. The number of anilines is 1. The molecule has 0 bridgehead atoms. The van der Waals surface area contributed by atoms with E-state index in [1.807, 2.05) is 26.0 Å². The number of halogens is 2. The topological polar surface area (TPSA) is 55.2 Å². The van der Waals surface area contributed by atoms with E-state index in [-0.39, 0.29) is 16.7 Å². The monoisotopic (exact) mass is 412 g/mol. The maximum atomic E-state index is 11.1. The third-order valence-electron chi connectivity index (χ3n) is 3.15. The van der Waals surface area contributed by atoms with E-state index in [9.17, 15) is 10.1 Å². The third-order valence-corrected chi connectivity index (χ3v) is 4.40. The van der Waals surface area contributed by atoms with Gasteiger partial charge in [-0.25, -0.2) is 0 Å². The molecule has 0 heterocycles. The Bertz CT molecular complexity index is 666. The standard InChI is InChI=1S/C15H14Br2N2O2/c1-9-7-12(16)15(13(17)8-9)18-10(2)11-5-3-4-6-14(11)19(20)21/h3-8,10,18H,1-2H3. The van der Waals surface area contributed by atoms with Gasteiger partial charge in [0.25, 0.3) is 5.69 Å². The van der Waals surface area contributed by atoms with E-state index in [2.05, 4.69) is 37.2 Å². The predicted octanol–water partition coefficient (Wildman–Crippen LogP) is 5.60. The molecule has 0 radical (unpaired) electrons. The number of benzene rings is 2. The summed E-state index contributed by atoms with van der Waals surface area (Å²) in [5, 5.41) is 14.4. The molecule has 0 fully saturated rings. The summed E-state index contributed by atoms with van der Waals surface area (Å²) in [5.74, 6) is 0. The van der Waals surface area contributed by atoms with Crippen molar-refractivity contribution in [3.8, 4) is 0 Å². The van der Waals surface area contributed by atoms with Gasteiger partial charge in [0.15, 0.2) is 0 Å². The lowest BCUT2D eigenvalue weighted by Gasteiger charge is -2.18. The van der Waals surface area contributed by atoms with Crippen LogP contribution < -0.4 is 5.32 Å². The van der Waals surface area contributed by atoms with Gasteiger partial charge in [-0.15, -0.1) is 0 Å². The molecule has 0 aliphatic carbocycles. The zero-order chi connectivity index (χ0) is 15.6. The number of hydrogen-bond donors (Lipinski definition) is 1. The lowest BCUT2D eigenvalue weighted by molar-refractivity contribution is -0.385. The van der Waals surface area contributed by atoms with Gasteiger partial charge in [-0.2, -0.15) is 0 Å². The van der Waals surface area contributed by atoms with Crippen LogP contribution in [0.5, 0.6) is 0 Å². The molecule has 110 valence electrons. The van der Waals surface area contributed by atoms with Gasteiger partial charge in [0, 0.05) is 15.0 Å². The number of nitro groups is 1. The van der Waals surface area contributed by atoms with Crippen LogP contribution in [0.3, 0.4) is 0 Å². The van der Waals surface area contributed by atoms with Crippen LogP contribution in [0.25, 0.3) is 0 Å². The molecule has 0 aliphatic rings. The van der Waals surface area contributed by atoms with Crippen molar-refractivity contribution in [2.75, 3.05) is 5.32 Å². The molecule has 0 saturated heterocycles. The fraction of sp³-hybridized carbons (Fsp3) is 0.200. The van der Waals surface area contributed by atoms with Crippen molar-refractivity contribution in [2.45, 2.75) is 19.9 Å². The van der Waals surface area contributed by atoms with E-state index in [1.54, 1.807) is 18.2 Å². The fourth-order valence-corrected chi connectivity index (χ4v) is 3.80. The third kappa shape index (κ3) is 3.63. The van der Waals surface area contributed by atoms with Crippen molar-refractivity contribution in [3.63, 3.8) is 0 Å². The number of aryl methyl sites for hydroxylation is 1. The van der Waals surface area contributed by atoms with Crippen molar-refractivity contribution < 1.29 is 4.92 Å². The molecule has 2 aromatic rings. The van der Waals surface area contributed by atoms with E-state index < -0.39 is 0 Å². The van der Waals surface area contributed by atoms with Crippen LogP contribution in [0, 0.1) is 17.0 Å². The van der Waals surface area contributed by atoms with Crippen molar-refractivity contribution in [2.24, 2.45) is 0 Å². The zero-order valence-corrected chi connectivity index (χ0v) is 14.7. The van der Waals surface area contributed by atoms with Crippen LogP contribution in [0.15, 0.2) is 45.3 Å². The Morgan fingerprint density at radius 1 is 1.19 bits per heavy atom. The predicted molar refractivity (Wildman–Crippen MR) is 91.7 cm³/mol. The van der Waals surface area contributed by atoms with E-state index >= 15 is 0 Å². The Labute approximate surface area is 140 Å². The van der Waals surface area contributed by atoms with Crippen LogP contribution in [0.2, 0.25) is 0 Å². The smallest absolute Gasteiger partial charge is 0.274 e. The first-order valence-corrected chi connectivity index (χ1v) is 7.94. The molecular weight excluding hydrogens is 400 g/mol. The Kier molecular flexibility index (Phi) is 5.00. The lowest BCUT2D eigenvalue weighted by Crippen LogP contribution is -2.10. The van der Waals surface area contributed by atoms with Crippen molar-refractivity contribution in [1.82, 2.24) is 0 Å². The fourth-order valence-electron chi connectivity index (χ4n) is 2.15. The normalized spacial score (nSPS) is 12.0. The molecule has 0 aliphatic heterocycles. The largest absolute Gasteiger partial charge is 0.376 e. The molecule has 21 heavy (non-hydrogen) atoms. The number of para-hydroxylation sites is 1. The van der Waals surface area contributed by atoms with Crippen LogP contribution in [-0.4, -0.2) is 4.92 Å². The number of hydrogen-bond acceptors (Lipinski definition) is 3. The summed E-state index contributed by atoms with van der Waals surface area (Å²) in [6, 6.07) is 10.6. The molecule has 2 aromatic carbocycles. The summed E-state index contributed by atoms with van der Waals surface area (Å²) in [7, 11) is 0. The van der Waals surface area contributed by atoms with Gasteiger partial charge in [-0.1, -0.05) is 18.2 Å². The van der Waals surface area contributed by atoms with Crippen LogP contribution in [0.1, 0.15) is 24.1 Å². The minimum Gasteiger partial charge on any atom is -0.376 e. The molecule has 2 rings (SSSR count). The summed E-state index contributed by atoms with van der Waals surface area (Å²) in [5.41, 5.74) is 2.78. The lowest BCUT2D eigenvalue weighted by atomic mass is 10.1. The average molecular weight is 414 g/mol. The minimum absolute atomic E-state index is 0.122. The van der Waals surface area contributed by atoms with E-state index in [4.69, 9.17) is 0 Å². The zero-order valence-electron chi connectivity index (χ0n) is 11.6. The molecule has 4 nitrogen and oxygen atoms in total. The highest BCUT2D eigenvalue weighted by Crippen LogP contribution is 2.36. The number of nitrogens with zero attached hydrogens (tertiary/aromatic N) is 1. The van der Waals surface area contributed by atoms with Gasteiger partial charge in [0.2, 0.25) is 0 Å². The number of nitro benzene ring substituents is 1. The maximum absolute atomic E-state index is 11.1. The van der Waals surface area contributed by atoms with Gasteiger partial charge >= 0.3 is 0 Å². The Balaban J connectivity index is 2.35. The SMILES string of the molecule is Cc1cc(Br)c(NC(C)c2ccccc2[N+](=O)[O-])c(Br)c1. The Morgan fingerprint density at radius 3 is 2.33 bits per heavy atom. The highest BCUT2D eigenvalue weighted by Gasteiger charge is 2.19. The summed E-state index contributed by atoms with van der Waals surface area (Å²) in [6.45, 7) is 3.91. The van der Waals surface area contributed by atoms with Crippen molar-refractivity contribution in [3.05, 3.63) is 66.6 Å². The van der Waals surface area contributed by atoms with Gasteiger partial charge in [-0.05, 0) is 63.4 Å². The molecule has 0 aromatic heterocycles. The van der Waals surface area contributed by atoms with E-state index in [0.717, 1.165) is 20.2 Å². The summed E-state index contributed by atoms with van der Waals surface area (Å²) in [6.07, 6.45) is 0. The van der Waals surface area contributed by atoms with Gasteiger partial charge in [0.1, 0.15) is 0 Å². The number of nitrogens with one attached hydrogen (secondary N) is 1. The molecule has 1 unspecified atom stereocenters.